The number of hydrogen-bond acceptors (Lipinski definition) is 5. The summed E-state index contributed by atoms with van der Waals surface area (Å²) in [4.78, 5) is 22.7. The van der Waals surface area contributed by atoms with Crippen molar-refractivity contribution < 1.29 is 9.53 Å². The van der Waals surface area contributed by atoms with E-state index in [0.29, 0.717) is 17.3 Å². The number of aromatic nitrogens is 3. The molecular weight excluding hydrogens is 518 g/mol. The molecule has 0 saturated carbocycles. The van der Waals surface area contributed by atoms with Crippen molar-refractivity contribution in [2.45, 2.75) is 39.5 Å². The van der Waals surface area contributed by atoms with Crippen LogP contribution in [-0.4, -0.2) is 27.6 Å². The van der Waals surface area contributed by atoms with Crippen molar-refractivity contribution in [3.63, 3.8) is 0 Å². The Hall–Kier alpha value is -3.65. The van der Waals surface area contributed by atoms with E-state index in [2.05, 4.69) is 63.6 Å². The fraction of sp³-hybridized carbons (Fsp3) is 0.250. The lowest BCUT2D eigenvalue weighted by atomic mass is 10.0. The first-order valence-electron chi connectivity index (χ1n) is 12.1. The third kappa shape index (κ3) is 4.48. The molecule has 0 radical (unpaired) electrons. The highest BCUT2D eigenvalue weighted by atomic mass is 79.9. The highest BCUT2D eigenvalue weighted by Gasteiger charge is 2.24. The molecule has 2 aromatic carbocycles. The predicted molar refractivity (Wildman–Crippen MR) is 146 cm³/mol. The molecule has 1 amide bonds. The van der Waals surface area contributed by atoms with Gasteiger partial charge >= 0.3 is 0 Å². The maximum atomic E-state index is 13.4. The van der Waals surface area contributed by atoms with Gasteiger partial charge in [-0.3, -0.25) is 4.79 Å². The average Bonchev–Trinajstić information content (AvgIpc) is 3.34. The van der Waals surface area contributed by atoms with Crippen LogP contribution in [0.1, 0.15) is 46.6 Å². The van der Waals surface area contributed by atoms with Crippen molar-refractivity contribution in [1.29, 1.82) is 0 Å². The number of hydrogen-bond donors (Lipinski definition) is 2. The van der Waals surface area contributed by atoms with Crippen molar-refractivity contribution >= 4 is 39.2 Å². The lowest BCUT2D eigenvalue weighted by Gasteiger charge is -2.21. The summed E-state index contributed by atoms with van der Waals surface area (Å²) in [5.74, 6) is 1.85. The van der Waals surface area contributed by atoms with Crippen LogP contribution < -0.4 is 15.4 Å². The first kappa shape index (κ1) is 24.1. The minimum atomic E-state index is -0.0881. The van der Waals surface area contributed by atoms with Crippen LogP contribution in [0, 0.1) is 0 Å². The number of rotatable bonds is 7. The second kappa shape index (κ2) is 10.1. The highest BCUT2D eigenvalue weighted by molar-refractivity contribution is 9.10. The highest BCUT2D eigenvalue weighted by Crippen LogP contribution is 2.32. The Balaban J connectivity index is 1.45. The second-order valence-electron chi connectivity index (χ2n) is 8.67. The summed E-state index contributed by atoms with van der Waals surface area (Å²) in [6.45, 7) is 4.22. The summed E-state index contributed by atoms with van der Waals surface area (Å²) in [7, 11) is 1.63. The molecule has 1 aliphatic rings. The number of anilines is 3. The molecule has 7 nitrogen and oxygen atoms in total. The summed E-state index contributed by atoms with van der Waals surface area (Å²) in [6, 6.07) is 13.8. The minimum Gasteiger partial charge on any atom is -0.495 e. The first-order valence-corrected chi connectivity index (χ1v) is 12.9. The van der Waals surface area contributed by atoms with E-state index in [1.54, 1.807) is 7.11 Å². The number of fused-ring (bicyclic) bond motifs is 3. The zero-order valence-corrected chi connectivity index (χ0v) is 22.1. The van der Waals surface area contributed by atoms with E-state index in [4.69, 9.17) is 9.72 Å². The second-order valence-corrected chi connectivity index (χ2v) is 9.59. The normalized spacial score (nSPS) is 12.0. The maximum absolute atomic E-state index is 13.4. The molecule has 5 rings (SSSR count). The van der Waals surface area contributed by atoms with Crippen LogP contribution in [0.3, 0.4) is 0 Å². The number of para-hydroxylation sites is 1. The summed E-state index contributed by atoms with van der Waals surface area (Å²) < 4.78 is 8.41. The van der Waals surface area contributed by atoms with Gasteiger partial charge in [-0.2, -0.15) is 4.98 Å². The fourth-order valence-corrected chi connectivity index (χ4v) is 5.03. The first-order chi connectivity index (χ1) is 17.5. The van der Waals surface area contributed by atoms with Crippen LogP contribution >= 0.6 is 15.9 Å². The molecule has 0 bridgehead atoms. The zero-order chi connectivity index (χ0) is 25.2. The Labute approximate surface area is 219 Å². The van der Waals surface area contributed by atoms with Gasteiger partial charge in [0.05, 0.1) is 18.4 Å². The number of carbonyl (C=O) groups is 1. The molecule has 36 heavy (non-hydrogen) atoms. The van der Waals surface area contributed by atoms with Gasteiger partial charge in [0.2, 0.25) is 5.95 Å². The Morgan fingerprint density at radius 3 is 2.61 bits per heavy atom. The molecule has 0 unspecified atom stereocenters. The van der Waals surface area contributed by atoms with Gasteiger partial charge in [0.1, 0.15) is 11.6 Å². The van der Waals surface area contributed by atoms with Gasteiger partial charge in [-0.1, -0.05) is 48.0 Å². The third-order valence-electron chi connectivity index (χ3n) is 6.59. The third-order valence-corrected chi connectivity index (χ3v) is 7.08. The van der Waals surface area contributed by atoms with E-state index < -0.39 is 0 Å². The molecule has 0 saturated heterocycles. The monoisotopic (exact) mass is 545 g/mol. The van der Waals surface area contributed by atoms with Crippen molar-refractivity contribution in [2.24, 2.45) is 0 Å². The molecular formula is C28H28BrN5O2. The lowest BCUT2D eigenvalue weighted by molar-refractivity contribution is 0.102. The van der Waals surface area contributed by atoms with Gasteiger partial charge in [0.25, 0.3) is 5.91 Å². The van der Waals surface area contributed by atoms with Crippen molar-refractivity contribution in [3.05, 3.63) is 87.3 Å². The topological polar surface area (TPSA) is 81.1 Å². The molecule has 4 aromatic rings. The van der Waals surface area contributed by atoms with Crippen LogP contribution in [0.15, 0.2) is 59.3 Å². The van der Waals surface area contributed by atoms with Crippen LogP contribution in [0.5, 0.6) is 5.75 Å². The number of carbonyl (C=O) groups excluding carboxylic acids is 1. The van der Waals surface area contributed by atoms with Gasteiger partial charge in [0, 0.05) is 33.8 Å². The molecule has 8 heteroatoms. The molecule has 0 fully saturated rings. The number of nitrogens with one attached hydrogen (secondary N) is 2. The van der Waals surface area contributed by atoms with E-state index in [1.165, 1.54) is 0 Å². The Kier molecular flexibility index (Phi) is 6.78. The molecule has 1 aliphatic heterocycles. The van der Waals surface area contributed by atoms with E-state index in [0.717, 1.165) is 69.7 Å². The van der Waals surface area contributed by atoms with Gasteiger partial charge in [-0.05, 0) is 61.1 Å². The maximum Gasteiger partial charge on any atom is 0.257 e. The Morgan fingerprint density at radius 1 is 1.11 bits per heavy atom. The molecule has 184 valence electrons. The number of methoxy groups -OCH3 is 1. The quantitative estimate of drug-likeness (QED) is 0.286. The Bertz CT molecular complexity index is 1420. The summed E-state index contributed by atoms with van der Waals surface area (Å²) in [5, 5.41) is 6.46. The van der Waals surface area contributed by atoms with Crippen LogP contribution in [-0.2, 0) is 25.7 Å². The van der Waals surface area contributed by atoms with Crippen LogP contribution in [0.4, 0.5) is 17.3 Å². The predicted octanol–water partition coefficient (Wildman–Crippen LogP) is 6.26. The van der Waals surface area contributed by atoms with E-state index in [1.807, 2.05) is 41.2 Å². The van der Waals surface area contributed by atoms with E-state index in [9.17, 15) is 4.79 Å². The van der Waals surface area contributed by atoms with Crippen molar-refractivity contribution in [3.8, 4) is 11.6 Å². The number of nitrogens with zero attached hydrogens (tertiary/aromatic N) is 3. The van der Waals surface area contributed by atoms with Gasteiger partial charge < -0.3 is 19.9 Å². The summed E-state index contributed by atoms with van der Waals surface area (Å²) in [5.41, 5.74) is 6.67. The summed E-state index contributed by atoms with van der Waals surface area (Å²) >= 11 is 3.47. The van der Waals surface area contributed by atoms with Crippen molar-refractivity contribution in [1.82, 2.24) is 14.5 Å². The molecule has 0 spiro atoms. The number of amides is 1. The number of benzene rings is 2. The van der Waals surface area contributed by atoms with E-state index in [-0.39, 0.29) is 5.91 Å². The van der Waals surface area contributed by atoms with Gasteiger partial charge in [0.15, 0.2) is 0 Å². The number of ether oxygens (including phenoxy) is 1. The standard InChI is InChI=1S/C28H28BrN5O2/c1-4-17-7-6-8-18(5-2)25(17)32-27(35)21-13-14-34-23(21)12-9-19-16-30-28(33-26(19)34)31-22-11-10-20(29)15-24(22)36-3/h6-8,10-11,13-16H,4-5,9,12H2,1-3H3,(H,32,35)(H,30,31,33). The zero-order valence-electron chi connectivity index (χ0n) is 20.6. The van der Waals surface area contributed by atoms with Gasteiger partial charge in [-0.15, -0.1) is 0 Å². The summed E-state index contributed by atoms with van der Waals surface area (Å²) in [6.07, 6.45) is 7.01. The SMILES string of the molecule is CCc1cccc(CC)c1NC(=O)c1ccn2c1CCc1cnc(Nc3ccc(Br)cc3OC)nc1-2. The lowest BCUT2D eigenvalue weighted by Crippen LogP contribution is -2.20. The largest absolute Gasteiger partial charge is 0.495 e. The number of aryl methyl sites for hydroxylation is 3. The van der Waals surface area contributed by atoms with Crippen LogP contribution in [0.2, 0.25) is 0 Å². The average molecular weight is 546 g/mol. The van der Waals surface area contributed by atoms with Gasteiger partial charge in [-0.25, -0.2) is 4.98 Å². The molecule has 0 aliphatic carbocycles. The Morgan fingerprint density at radius 2 is 1.89 bits per heavy atom. The number of halogens is 1. The molecule has 2 N–H and O–H groups in total. The molecule has 0 atom stereocenters. The fourth-order valence-electron chi connectivity index (χ4n) is 4.69. The minimum absolute atomic E-state index is 0.0881. The molecule has 2 aromatic heterocycles. The molecule has 3 heterocycles. The smallest absolute Gasteiger partial charge is 0.257 e. The van der Waals surface area contributed by atoms with E-state index >= 15 is 0 Å². The van der Waals surface area contributed by atoms with Crippen LogP contribution in [0.25, 0.3) is 5.82 Å². The van der Waals surface area contributed by atoms with Crippen molar-refractivity contribution in [2.75, 3.05) is 17.7 Å².